The molecule has 1 aromatic heterocycles. The first-order chi connectivity index (χ1) is 14.8. The monoisotopic (exact) mass is 447 g/mol. The van der Waals surface area contributed by atoms with Crippen LogP contribution < -0.4 is 10.6 Å². The zero-order valence-corrected chi connectivity index (χ0v) is 17.3. The Morgan fingerprint density at radius 3 is 2.58 bits per heavy atom. The van der Waals surface area contributed by atoms with Gasteiger partial charge in [-0.2, -0.15) is 13.2 Å². The van der Waals surface area contributed by atoms with Crippen LogP contribution >= 0.6 is 11.6 Å². The summed E-state index contributed by atoms with van der Waals surface area (Å²) in [6.07, 6.45) is -1.44. The molecular formula is C23H21ClF3N3O. The lowest BCUT2D eigenvalue weighted by atomic mass is 9.90. The van der Waals surface area contributed by atoms with Crippen molar-refractivity contribution in [1.29, 1.82) is 0 Å². The fraction of sp³-hybridized carbons (Fsp3) is 0.304. The highest BCUT2D eigenvalue weighted by atomic mass is 35.5. The minimum Gasteiger partial charge on any atom is -0.382 e. The number of benzene rings is 2. The van der Waals surface area contributed by atoms with Crippen molar-refractivity contribution in [2.45, 2.75) is 43.9 Å². The molecule has 2 N–H and O–H groups in total. The van der Waals surface area contributed by atoms with Crippen LogP contribution in [-0.2, 0) is 6.18 Å². The summed E-state index contributed by atoms with van der Waals surface area (Å²) in [5, 5.41) is 7.42. The SMILES string of the molecule is O=C(N[C@@H]1CCC[C@H](Nc2cc(C(F)(F)F)nc3ccccc23)C1)c1cccc(Cl)c1. The minimum absolute atomic E-state index is 0.0645. The molecule has 0 spiro atoms. The van der Waals surface area contributed by atoms with Gasteiger partial charge in [0.15, 0.2) is 0 Å². The number of nitrogens with zero attached hydrogens (tertiary/aromatic N) is 1. The number of pyridine rings is 1. The van der Waals surface area contributed by atoms with Crippen molar-refractivity contribution < 1.29 is 18.0 Å². The number of amides is 1. The first-order valence-electron chi connectivity index (χ1n) is 10.1. The number of carbonyl (C=O) groups excluding carboxylic acids is 1. The van der Waals surface area contributed by atoms with Gasteiger partial charge in [-0.05, 0) is 56.0 Å². The number of fused-ring (bicyclic) bond motifs is 1. The van der Waals surface area contributed by atoms with Gasteiger partial charge in [0.05, 0.1) is 5.52 Å². The van der Waals surface area contributed by atoms with Crippen molar-refractivity contribution in [2.75, 3.05) is 5.32 Å². The molecule has 31 heavy (non-hydrogen) atoms. The van der Waals surface area contributed by atoms with Crippen LogP contribution in [0.4, 0.5) is 18.9 Å². The molecule has 1 heterocycles. The van der Waals surface area contributed by atoms with Crippen LogP contribution in [0.5, 0.6) is 0 Å². The van der Waals surface area contributed by atoms with E-state index in [4.69, 9.17) is 11.6 Å². The standard InChI is InChI=1S/C23H21ClF3N3O/c24-15-6-3-5-14(11-15)22(31)29-17-8-4-7-16(12-17)28-20-13-21(23(25,26)27)30-19-10-2-1-9-18(19)20/h1-3,5-6,9-11,13,16-17H,4,7-8,12H2,(H,28,30)(H,29,31)/t16-,17+/m0/s1. The minimum atomic E-state index is -4.53. The maximum atomic E-state index is 13.3. The zero-order chi connectivity index (χ0) is 22.0. The van der Waals surface area contributed by atoms with E-state index < -0.39 is 11.9 Å². The Morgan fingerprint density at radius 1 is 1.03 bits per heavy atom. The van der Waals surface area contributed by atoms with Gasteiger partial charge in [0.25, 0.3) is 5.91 Å². The molecule has 4 rings (SSSR count). The Balaban J connectivity index is 1.51. The predicted molar refractivity (Wildman–Crippen MR) is 115 cm³/mol. The molecule has 0 aliphatic heterocycles. The fourth-order valence-electron chi connectivity index (χ4n) is 4.01. The third-order valence-corrected chi connectivity index (χ3v) is 5.70. The van der Waals surface area contributed by atoms with Crippen molar-refractivity contribution in [1.82, 2.24) is 10.3 Å². The maximum Gasteiger partial charge on any atom is 0.433 e. The van der Waals surface area contributed by atoms with E-state index in [1.165, 1.54) is 0 Å². The van der Waals surface area contributed by atoms with Crippen molar-refractivity contribution in [3.63, 3.8) is 0 Å². The molecule has 3 aromatic rings. The van der Waals surface area contributed by atoms with E-state index in [-0.39, 0.29) is 18.0 Å². The molecule has 2 aromatic carbocycles. The van der Waals surface area contributed by atoms with Crippen molar-refractivity contribution in [3.8, 4) is 0 Å². The molecule has 0 radical (unpaired) electrons. The molecule has 8 heteroatoms. The Morgan fingerprint density at radius 2 is 1.81 bits per heavy atom. The van der Waals surface area contributed by atoms with Gasteiger partial charge in [-0.15, -0.1) is 0 Å². The number of rotatable bonds is 4. The van der Waals surface area contributed by atoms with E-state index in [0.717, 1.165) is 25.3 Å². The Hall–Kier alpha value is -2.80. The summed E-state index contributed by atoms with van der Waals surface area (Å²) in [7, 11) is 0. The number of nitrogens with one attached hydrogen (secondary N) is 2. The number of halogens is 4. The number of carbonyl (C=O) groups is 1. The van der Waals surface area contributed by atoms with Crippen LogP contribution in [0.25, 0.3) is 10.9 Å². The second kappa shape index (κ2) is 8.75. The van der Waals surface area contributed by atoms with Gasteiger partial charge in [-0.1, -0.05) is 35.9 Å². The highest BCUT2D eigenvalue weighted by Crippen LogP contribution is 2.34. The van der Waals surface area contributed by atoms with E-state index in [2.05, 4.69) is 15.6 Å². The molecule has 1 amide bonds. The lowest BCUT2D eigenvalue weighted by Crippen LogP contribution is -2.41. The average Bonchev–Trinajstić information content (AvgIpc) is 2.73. The molecule has 0 saturated heterocycles. The molecule has 162 valence electrons. The Labute approximate surface area is 182 Å². The summed E-state index contributed by atoms with van der Waals surface area (Å²) in [6, 6.07) is 14.4. The molecule has 2 atom stereocenters. The average molecular weight is 448 g/mol. The first-order valence-corrected chi connectivity index (χ1v) is 10.5. The normalized spacial score (nSPS) is 19.2. The third kappa shape index (κ3) is 5.10. The molecule has 0 unspecified atom stereocenters. The van der Waals surface area contributed by atoms with E-state index in [1.54, 1.807) is 48.5 Å². The Bertz CT molecular complexity index is 1100. The second-order valence-corrected chi connectivity index (χ2v) is 8.19. The highest BCUT2D eigenvalue weighted by molar-refractivity contribution is 6.30. The van der Waals surface area contributed by atoms with Gasteiger partial charge in [0.2, 0.25) is 0 Å². The number of alkyl halides is 3. The lowest BCUT2D eigenvalue weighted by Gasteiger charge is -2.31. The molecule has 4 nitrogen and oxygen atoms in total. The summed E-state index contributed by atoms with van der Waals surface area (Å²) >= 11 is 5.96. The number of hydrogen-bond donors (Lipinski definition) is 2. The van der Waals surface area contributed by atoms with Gasteiger partial charge < -0.3 is 10.6 Å². The van der Waals surface area contributed by atoms with Crippen molar-refractivity contribution in [3.05, 3.63) is 70.9 Å². The lowest BCUT2D eigenvalue weighted by molar-refractivity contribution is -0.140. The zero-order valence-electron chi connectivity index (χ0n) is 16.5. The van der Waals surface area contributed by atoms with Gasteiger partial charge in [-0.3, -0.25) is 4.79 Å². The molecule has 1 saturated carbocycles. The molecular weight excluding hydrogens is 427 g/mol. The van der Waals surface area contributed by atoms with E-state index in [0.29, 0.717) is 33.6 Å². The summed E-state index contributed by atoms with van der Waals surface area (Å²) in [5.74, 6) is -0.207. The smallest absolute Gasteiger partial charge is 0.382 e. The quantitative estimate of drug-likeness (QED) is 0.511. The highest BCUT2D eigenvalue weighted by Gasteiger charge is 2.34. The predicted octanol–water partition coefficient (Wildman–Crippen LogP) is 6.06. The molecule has 1 aliphatic carbocycles. The van der Waals surface area contributed by atoms with E-state index in [9.17, 15) is 18.0 Å². The van der Waals surface area contributed by atoms with Crippen LogP contribution in [0, 0.1) is 0 Å². The summed E-state index contributed by atoms with van der Waals surface area (Å²) < 4.78 is 40.0. The molecule has 1 aliphatic rings. The first kappa shape index (κ1) is 21.4. The largest absolute Gasteiger partial charge is 0.433 e. The van der Waals surface area contributed by atoms with Crippen LogP contribution in [-0.4, -0.2) is 23.0 Å². The number of para-hydroxylation sites is 1. The summed E-state index contributed by atoms with van der Waals surface area (Å²) in [6.45, 7) is 0. The molecule has 1 fully saturated rings. The van der Waals surface area contributed by atoms with E-state index >= 15 is 0 Å². The van der Waals surface area contributed by atoms with E-state index in [1.807, 2.05) is 0 Å². The summed E-state index contributed by atoms with van der Waals surface area (Å²) in [4.78, 5) is 16.3. The fourth-order valence-corrected chi connectivity index (χ4v) is 4.20. The number of anilines is 1. The van der Waals surface area contributed by atoms with Crippen LogP contribution in [0.2, 0.25) is 5.02 Å². The molecule has 0 bridgehead atoms. The van der Waals surface area contributed by atoms with Crippen molar-refractivity contribution in [2.24, 2.45) is 0 Å². The topological polar surface area (TPSA) is 54.0 Å². The van der Waals surface area contributed by atoms with Gasteiger partial charge in [-0.25, -0.2) is 4.98 Å². The van der Waals surface area contributed by atoms with Crippen LogP contribution in [0.3, 0.4) is 0 Å². The number of hydrogen-bond acceptors (Lipinski definition) is 3. The van der Waals surface area contributed by atoms with Crippen LogP contribution in [0.15, 0.2) is 54.6 Å². The number of aromatic nitrogens is 1. The second-order valence-electron chi connectivity index (χ2n) is 7.76. The Kier molecular flexibility index (Phi) is 6.05. The van der Waals surface area contributed by atoms with Gasteiger partial charge >= 0.3 is 6.18 Å². The third-order valence-electron chi connectivity index (χ3n) is 5.46. The van der Waals surface area contributed by atoms with Gasteiger partial charge in [0, 0.05) is 33.7 Å². The maximum absolute atomic E-state index is 13.3. The van der Waals surface area contributed by atoms with Crippen molar-refractivity contribution >= 4 is 34.1 Å². The summed E-state index contributed by atoms with van der Waals surface area (Å²) in [5.41, 5.74) is 0.263. The van der Waals surface area contributed by atoms with Gasteiger partial charge in [0.1, 0.15) is 5.69 Å². The van der Waals surface area contributed by atoms with Crippen LogP contribution in [0.1, 0.15) is 41.7 Å².